The highest BCUT2D eigenvalue weighted by atomic mass is 16.2. The standard InChI is InChI=1S/C5H12N2O/c1-7(2)5(8)3-4-6/h3-4,6H2,1-2H3/i4+2. The molecule has 0 aliphatic heterocycles. The van der Waals surface area contributed by atoms with Crippen molar-refractivity contribution in [3.05, 3.63) is 0 Å². The van der Waals surface area contributed by atoms with Crippen LogP contribution < -0.4 is 5.73 Å². The first-order chi connectivity index (χ1) is 3.68. The van der Waals surface area contributed by atoms with Gasteiger partial charge in [-0.25, -0.2) is 0 Å². The van der Waals surface area contributed by atoms with Gasteiger partial charge in [0, 0.05) is 27.1 Å². The van der Waals surface area contributed by atoms with Crippen molar-refractivity contribution >= 4 is 5.91 Å². The summed E-state index contributed by atoms with van der Waals surface area (Å²) in [6.45, 7) is 0.441. The van der Waals surface area contributed by atoms with Crippen molar-refractivity contribution in [3.8, 4) is 0 Å². The predicted molar refractivity (Wildman–Crippen MR) is 32.4 cm³/mol. The quantitative estimate of drug-likeness (QED) is 0.527. The Morgan fingerprint density at radius 3 is 2.38 bits per heavy atom. The van der Waals surface area contributed by atoms with Gasteiger partial charge in [0.25, 0.3) is 0 Å². The van der Waals surface area contributed by atoms with E-state index in [0.717, 1.165) is 0 Å². The first-order valence-corrected chi connectivity index (χ1v) is 2.58. The Hall–Kier alpha value is -0.570. The average Bonchev–Trinajstić information content (AvgIpc) is 1.67. The highest BCUT2D eigenvalue weighted by Gasteiger charge is 1.98. The summed E-state index contributed by atoms with van der Waals surface area (Å²) in [7, 11) is 3.44. The molecule has 0 bridgehead atoms. The lowest BCUT2D eigenvalue weighted by molar-refractivity contribution is -0.128. The Labute approximate surface area is 49.5 Å². The number of carbonyl (C=O) groups is 1. The highest BCUT2D eigenvalue weighted by Crippen LogP contribution is 1.81. The number of nitrogens with zero attached hydrogens (tertiary/aromatic N) is 1. The number of nitrogens with two attached hydrogens (primary N) is 1. The second-order valence-corrected chi connectivity index (χ2v) is 1.83. The Kier molecular flexibility index (Phi) is 3.19. The number of rotatable bonds is 2. The molecule has 3 nitrogen and oxygen atoms in total. The van der Waals surface area contributed by atoms with Gasteiger partial charge in [-0.1, -0.05) is 0 Å². The molecule has 0 aromatic heterocycles. The molecule has 0 spiro atoms. The van der Waals surface area contributed by atoms with Gasteiger partial charge in [-0.15, -0.1) is 0 Å². The molecule has 8 heavy (non-hydrogen) atoms. The summed E-state index contributed by atoms with van der Waals surface area (Å²) in [6, 6.07) is 0. The van der Waals surface area contributed by atoms with Crippen LogP contribution in [0.5, 0.6) is 0 Å². The van der Waals surface area contributed by atoms with Crippen molar-refractivity contribution in [1.29, 1.82) is 0 Å². The van der Waals surface area contributed by atoms with Crippen LogP contribution in [0, 0.1) is 0 Å². The van der Waals surface area contributed by atoms with Crippen LogP contribution in [-0.4, -0.2) is 31.4 Å². The molecule has 0 heterocycles. The maximum Gasteiger partial charge on any atom is 0.223 e. The zero-order valence-electron chi connectivity index (χ0n) is 5.35. The summed E-state index contributed by atoms with van der Waals surface area (Å²) in [5.74, 6) is 0.0903. The zero-order chi connectivity index (χ0) is 6.57. The molecular formula is C5H12N2O. The lowest BCUT2D eigenvalue weighted by Crippen LogP contribution is -2.23. The van der Waals surface area contributed by atoms with Gasteiger partial charge in [0.15, 0.2) is 0 Å². The predicted octanol–water partition coefficient (Wildman–Crippen LogP) is -0.577. The molecule has 3 heteroatoms. The maximum atomic E-state index is 10.6. The van der Waals surface area contributed by atoms with E-state index < -0.39 is 0 Å². The van der Waals surface area contributed by atoms with E-state index in [1.165, 1.54) is 4.90 Å². The molecule has 2 N–H and O–H groups in total. The Bertz CT molecular complexity index is 80.5. The van der Waals surface area contributed by atoms with E-state index >= 15 is 0 Å². The van der Waals surface area contributed by atoms with Gasteiger partial charge in [0.1, 0.15) is 0 Å². The lowest BCUT2D eigenvalue weighted by Gasteiger charge is -2.07. The lowest BCUT2D eigenvalue weighted by atomic mass is 10.6. The van der Waals surface area contributed by atoms with Gasteiger partial charge in [0.05, 0.1) is 0 Å². The monoisotopic (exact) mass is 118 g/mol. The molecule has 48 valence electrons. The summed E-state index contributed by atoms with van der Waals surface area (Å²) in [5.41, 5.74) is 5.12. The van der Waals surface area contributed by atoms with E-state index in [0.29, 0.717) is 13.0 Å². The van der Waals surface area contributed by atoms with Crippen LogP contribution in [0.4, 0.5) is 0 Å². The fourth-order valence-corrected chi connectivity index (χ4v) is 0.347. The van der Waals surface area contributed by atoms with E-state index in [1.807, 2.05) is 0 Å². The Morgan fingerprint density at radius 1 is 1.75 bits per heavy atom. The molecule has 0 fully saturated rings. The minimum Gasteiger partial charge on any atom is -0.349 e. The van der Waals surface area contributed by atoms with Crippen molar-refractivity contribution < 1.29 is 4.79 Å². The summed E-state index contributed by atoms with van der Waals surface area (Å²) in [6.07, 6.45) is 0.451. The molecule has 1 amide bonds. The minimum atomic E-state index is 0.0903. The molecule has 0 aromatic rings. The average molecular weight is 118 g/mol. The second kappa shape index (κ2) is 3.43. The van der Waals surface area contributed by atoms with E-state index in [-0.39, 0.29) is 5.91 Å². The number of carbonyl (C=O) groups excluding carboxylic acids is 1. The molecule has 0 radical (unpaired) electrons. The van der Waals surface area contributed by atoms with Crippen LogP contribution in [-0.2, 0) is 4.79 Å². The third-order valence-electron chi connectivity index (χ3n) is 0.857. The van der Waals surface area contributed by atoms with Crippen molar-refractivity contribution in [2.45, 2.75) is 6.42 Å². The van der Waals surface area contributed by atoms with E-state index in [9.17, 15) is 4.79 Å². The second-order valence-electron chi connectivity index (χ2n) is 1.83. The third-order valence-corrected chi connectivity index (χ3v) is 0.857. The van der Waals surface area contributed by atoms with Crippen LogP contribution in [0.3, 0.4) is 0 Å². The topological polar surface area (TPSA) is 46.3 Å². The smallest absolute Gasteiger partial charge is 0.223 e. The summed E-state index contributed by atoms with van der Waals surface area (Å²) < 4.78 is 0. The molecule has 0 aromatic carbocycles. The first kappa shape index (κ1) is 7.43. The van der Waals surface area contributed by atoms with Gasteiger partial charge in [-0.05, 0) is 0 Å². The van der Waals surface area contributed by atoms with Crippen molar-refractivity contribution in [1.82, 2.24) is 4.90 Å². The van der Waals surface area contributed by atoms with Crippen LogP contribution in [0.2, 0.25) is 0 Å². The number of hydrogen-bond donors (Lipinski definition) is 1. The fraction of sp³-hybridized carbons (Fsp3) is 0.800. The molecule has 0 atom stereocenters. The zero-order valence-corrected chi connectivity index (χ0v) is 5.35. The summed E-state index contributed by atoms with van der Waals surface area (Å²) >= 11 is 0. The third kappa shape index (κ3) is 2.58. The van der Waals surface area contributed by atoms with Crippen LogP contribution in [0.15, 0.2) is 0 Å². The van der Waals surface area contributed by atoms with Crippen molar-refractivity contribution in [3.63, 3.8) is 0 Å². The fourth-order valence-electron chi connectivity index (χ4n) is 0.347. The van der Waals surface area contributed by atoms with Gasteiger partial charge in [0.2, 0.25) is 5.91 Å². The molecule has 0 saturated carbocycles. The Balaban J connectivity index is 3.33. The highest BCUT2D eigenvalue weighted by molar-refractivity contribution is 5.75. The van der Waals surface area contributed by atoms with Crippen molar-refractivity contribution in [2.75, 3.05) is 20.6 Å². The van der Waals surface area contributed by atoms with E-state index in [4.69, 9.17) is 5.73 Å². The van der Waals surface area contributed by atoms with Crippen molar-refractivity contribution in [2.24, 2.45) is 5.73 Å². The largest absolute Gasteiger partial charge is 0.349 e. The normalized spacial score (nSPS) is 8.88. The molecular weight excluding hydrogens is 106 g/mol. The van der Waals surface area contributed by atoms with Crippen LogP contribution >= 0.6 is 0 Å². The number of hydrogen-bond acceptors (Lipinski definition) is 2. The van der Waals surface area contributed by atoms with E-state index in [2.05, 4.69) is 0 Å². The van der Waals surface area contributed by atoms with Gasteiger partial charge in [-0.2, -0.15) is 0 Å². The van der Waals surface area contributed by atoms with Gasteiger partial charge >= 0.3 is 0 Å². The Morgan fingerprint density at radius 2 is 2.25 bits per heavy atom. The molecule has 0 aliphatic rings. The molecule has 0 aliphatic carbocycles. The minimum absolute atomic E-state index is 0.0903. The molecule has 0 rings (SSSR count). The van der Waals surface area contributed by atoms with Crippen LogP contribution in [0.25, 0.3) is 0 Å². The first-order valence-electron chi connectivity index (χ1n) is 2.58. The van der Waals surface area contributed by atoms with E-state index in [1.54, 1.807) is 14.1 Å². The summed E-state index contributed by atoms with van der Waals surface area (Å²) in [5, 5.41) is 0. The van der Waals surface area contributed by atoms with Crippen LogP contribution in [0.1, 0.15) is 6.42 Å². The molecule has 0 unspecified atom stereocenters. The number of amides is 1. The molecule has 0 saturated heterocycles. The summed E-state index contributed by atoms with van der Waals surface area (Å²) in [4.78, 5) is 12.1. The maximum absolute atomic E-state index is 10.6. The van der Waals surface area contributed by atoms with Gasteiger partial charge < -0.3 is 10.6 Å². The van der Waals surface area contributed by atoms with Gasteiger partial charge in [-0.3, -0.25) is 4.79 Å². The SMILES string of the molecule is CN(C)C(=O)C[14CH2]N.